The van der Waals surface area contributed by atoms with Crippen molar-refractivity contribution in [1.82, 2.24) is 9.97 Å². The van der Waals surface area contributed by atoms with Crippen molar-refractivity contribution in [2.24, 2.45) is 11.8 Å². The molecule has 1 aliphatic rings. The zero-order valence-corrected chi connectivity index (χ0v) is 11.8. The first-order valence-corrected chi connectivity index (χ1v) is 6.77. The van der Waals surface area contributed by atoms with E-state index in [1.54, 1.807) is 0 Å². The maximum Gasteiger partial charge on any atom is 0.148 e. The zero-order valence-electron chi connectivity index (χ0n) is 11.8. The summed E-state index contributed by atoms with van der Waals surface area (Å²) in [7, 11) is 0. The van der Waals surface area contributed by atoms with Gasteiger partial charge in [0.2, 0.25) is 0 Å². The molecule has 2 heterocycles. The van der Waals surface area contributed by atoms with E-state index in [1.165, 1.54) is 0 Å². The maximum absolute atomic E-state index is 9.25. The summed E-state index contributed by atoms with van der Waals surface area (Å²) < 4.78 is 0. The fourth-order valence-electron chi connectivity index (χ4n) is 2.40. The van der Waals surface area contributed by atoms with Crippen molar-refractivity contribution in [3.8, 4) is 0 Å². The topological polar surface area (TPSA) is 87.3 Å². The van der Waals surface area contributed by atoms with E-state index in [-0.39, 0.29) is 12.5 Å². The fourth-order valence-corrected chi connectivity index (χ4v) is 2.40. The highest BCUT2D eigenvalue weighted by atomic mass is 16.3. The average molecular weight is 265 g/mol. The van der Waals surface area contributed by atoms with E-state index in [9.17, 15) is 5.11 Å². The second-order valence-corrected chi connectivity index (χ2v) is 5.46. The lowest BCUT2D eigenvalue weighted by atomic mass is 10.1. The molecule has 4 N–H and O–H groups in total. The van der Waals surface area contributed by atoms with Crippen molar-refractivity contribution in [3.63, 3.8) is 0 Å². The van der Waals surface area contributed by atoms with Gasteiger partial charge in [0.15, 0.2) is 0 Å². The molecule has 0 amide bonds. The molecular weight excluding hydrogens is 242 g/mol. The lowest BCUT2D eigenvalue weighted by Gasteiger charge is -2.22. The van der Waals surface area contributed by atoms with Crippen LogP contribution in [0.3, 0.4) is 0 Å². The standard InChI is InChI=1S/C13H23N5O/c1-8(2)11-15-12(17-14)9(3)13(16-11)18-5-4-10(6-18)7-19/h8,10,19H,4-7,14H2,1-3H3,(H,15,16,17). The molecule has 0 aromatic carbocycles. The summed E-state index contributed by atoms with van der Waals surface area (Å²) in [5.74, 6) is 8.54. The molecule has 0 spiro atoms. The van der Waals surface area contributed by atoms with E-state index >= 15 is 0 Å². The van der Waals surface area contributed by atoms with E-state index < -0.39 is 0 Å². The second kappa shape index (κ2) is 5.71. The van der Waals surface area contributed by atoms with Crippen LogP contribution in [0.25, 0.3) is 0 Å². The van der Waals surface area contributed by atoms with Crippen LogP contribution in [0.4, 0.5) is 11.6 Å². The van der Waals surface area contributed by atoms with Gasteiger partial charge < -0.3 is 15.4 Å². The van der Waals surface area contributed by atoms with Crippen molar-refractivity contribution in [2.45, 2.75) is 33.1 Å². The summed E-state index contributed by atoms with van der Waals surface area (Å²) >= 11 is 0. The number of anilines is 2. The summed E-state index contributed by atoms with van der Waals surface area (Å²) in [6, 6.07) is 0. The number of nitrogens with two attached hydrogens (primary N) is 1. The molecule has 6 heteroatoms. The first-order chi connectivity index (χ1) is 9.06. The number of aromatic nitrogens is 2. The molecule has 1 unspecified atom stereocenters. The highest BCUT2D eigenvalue weighted by Crippen LogP contribution is 2.29. The lowest BCUT2D eigenvalue weighted by molar-refractivity contribution is 0.238. The molecule has 0 saturated carbocycles. The number of aliphatic hydroxyl groups is 1. The quantitative estimate of drug-likeness (QED) is 0.556. The molecule has 1 aliphatic heterocycles. The van der Waals surface area contributed by atoms with E-state index in [0.717, 1.165) is 36.7 Å². The van der Waals surface area contributed by atoms with Gasteiger partial charge >= 0.3 is 0 Å². The third-order valence-corrected chi connectivity index (χ3v) is 3.63. The molecule has 19 heavy (non-hydrogen) atoms. The van der Waals surface area contributed by atoms with Gasteiger partial charge in [0.05, 0.1) is 0 Å². The first-order valence-electron chi connectivity index (χ1n) is 6.77. The van der Waals surface area contributed by atoms with E-state index in [4.69, 9.17) is 5.84 Å². The predicted molar refractivity (Wildman–Crippen MR) is 76.1 cm³/mol. The number of nitrogens with one attached hydrogen (secondary N) is 1. The minimum atomic E-state index is 0.236. The number of rotatable bonds is 4. The number of hydrogen-bond donors (Lipinski definition) is 3. The summed E-state index contributed by atoms with van der Waals surface area (Å²) in [4.78, 5) is 11.3. The molecule has 106 valence electrons. The van der Waals surface area contributed by atoms with Gasteiger partial charge in [-0.2, -0.15) is 0 Å². The molecule has 1 aromatic heterocycles. The summed E-state index contributed by atoms with van der Waals surface area (Å²) in [5, 5.41) is 9.25. The van der Waals surface area contributed by atoms with Gasteiger partial charge in [-0.25, -0.2) is 15.8 Å². The fraction of sp³-hybridized carbons (Fsp3) is 0.692. The Balaban J connectivity index is 2.36. The van der Waals surface area contributed by atoms with Crippen LogP contribution in [0.1, 0.15) is 37.6 Å². The summed E-state index contributed by atoms with van der Waals surface area (Å²) in [6.45, 7) is 8.10. The molecule has 1 fully saturated rings. The molecule has 0 bridgehead atoms. The van der Waals surface area contributed by atoms with Crippen LogP contribution in [0.5, 0.6) is 0 Å². The van der Waals surface area contributed by atoms with Gasteiger partial charge in [-0.3, -0.25) is 0 Å². The van der Waals surface area contributed by atoms with Crippen molar-refractivity contribution < 1.29 is 5.11 Å². The van der Waals surface area contributed by atoms with Gasteiger partial charge in [0.1, 0.15) is 17.5 Å². The van der Waals surface area contributed by atoms with Gasteiger partial charge in [0.25, 0.3) is 0 Å². The third kappa shape index (κ3) is 2.79. The van der Waals surface area contributed by atoms with E-state index in [1.807, 2.05) is 6.92 Å². The average Bonchev–Trinajstić information content (AvgIpc) is 2.87. The number of hydrazine groups is 1. The van der Waals surface area contributed by atoms with Crippen molar-refractivity contribution in [2.75, 3.05) is 30.0 Å². The minimum Gasteiger partial charge on any atom is -0.396 e. The Hall–Kier alpha value is -1.40. The van der Waals surface area contributed by atoms with Gasteiger partial charge in [-0.1, -0.05) is 13.8 Å². The van der Waals surface area contributed by atoms with Crippen molar-refractivity contribution in [3.05, 3.63) is 11.4 Å². The highest BCUT2D eigenvalue weighted by molar-refractivity contribution is 5.58. The third-order valence-electron chi connectivity index (χ3n) is 3.63. The van der Waals surface area contributed by atoms with Crippen molar-refractivity contribution >= 4 is 11.6 Å². The summed E-state index contributed by atoms with van der Waals surface area (Å²) in [6.07, 6.45) is 1.00. The van der Waals surface area contributed by atoms with Crippen LogP contribution >= 0.6 is 0 Å². The zero-order chi connectivity index (χ0) is 14.0. The second-order valence-electron chi connectivity index (χ2n) is 5.46. The van der Waals surface area contributed by atoms with Crippen LogP contribution in [-0.4, -0.2) is 34.8 Å². The Labute approximate surface area is 114 Å². The molecule has 6 nitrogen and oxygen atoms in total. The van der Waals surface area contributed by atoms with Crippen LogP contribution < -0.4 is 16.2 Å². The molecule has 2 rings (SSSR count). The number of hydrogen-bond acceptors (Lipinski definition) is 6. The molecular formula is C13H23N5O. The maximum atomic E-state index is 9.25. The minimum absolute atomic E-state index is 0.236. The van der Waals surface area contributed by atoms with Crippen LogP contribution in [0.2, 0.25) is 0 Å². The Morgan fingerprint density at radius 2 is 2.21 bits per heavy atom. The molecule has 0 aliphatic carbocycles. The highest BCUT2D eigenvalue weighted by Gasteiger charge is 2.25. The van der Waals surface area contributed by atoms with Gasteiger partial charge in [0, 0.05) is 37.1 Å². The van der Waals surface area contributed by atoms with E-state index in [2.05, 4.69) is 34.1 Å². The smallest absolute Gasteiger partial charge is 0.148 e. The lowest BCUT2D eigenvalue weighted by Crippen LogP contribution is -2.25. The molecule has 1 aromatic rings. The Morgan fingerprint density at radius 3 is 2.74 bits per heavy atom. The monoisotopic (exact) mass is 265 g/mol. The Morgan fingerprint density at radius 1 is 1.47 bits per heavy atom. The van der Waals surface area contributed by atoms with Gasteiger partial charge in [-0.15, -0.1) is 0 Å². The first kappa shape index (κ1) is 14.0. The molecule has 1 saturated heterocycles. The van der Waals surface area contributed by atoms with Crippen LogP contribution in [-0.2, 0) is 0 Å². The van der Waals surface area contributed by atoms with Crippen LogP contribution in [0, 0.1) is 12.8 Å². The number of aliphatic hydroxyl groups excluding tert-OH is 1. The number of nitrogen functional groups attached to an aromatic ring is 1. The van der Waals surface area contributed by atoms with Crippen LogP contribution in [0.15, 0.2) is 0 Å². The Kier molecular flexibility index (Phi) is 4.21. The summed E-state index contributed by atoms with van der Waals surface area (Å²) in [5.41, 5.74) is 3.62. The molecule has 1 atom stereocenters. The Bertz CT molecular complexity index is 449. The van der Waals surface area contributed by atoms with Crippen molar-refractivity contribution in [1.29, 1.82) is 0 Å². The van der Waals surface area contributed by atoms with Gasteiger partial charge in [-0.05, 0) is 13.3 Å². The predicted octanol–water partition coefficient (Wildman–Crippen LogP) is 1.01. The largest absolute Gasteiger partial charge is 0.396 e. The van der Waals surface area contributed by atoms with E-state index in [0.29, 0.717) is 11.7 Å². The molecule has 0 radical (unpaired) electrons. The SMILES string of the molecule is Cc1c(NN)nc(C(C)C)nc1N1CCC(CO)C1. The normalized spacial score (nSPS) is 19.3. The number of nitrogens with zero attached hydrogens (tertiary/aromatic N) is 3.